The van der Waals surface area contributed by atoms with E-state index in [0.717, 1.165) is 28.5 Å². The molecule has 0 radical (unpaired) electrons. The molecule has 1 heterocycles. The second-order valence-electron chi connectivity index (χ2n) is 4.38. The van der Waals surface area contributed by atoms with Gasteiger partial charge in [-0.3, -0.25) is 0 Å². The van der Waals surface area contributed by atoms with Crippen LogP contribution in [0.2, 0.25) is 0 Å². The van der Waals surface area contributed by atoms with Crippen LogP contribution in [0.15, 0.2) is 35.2 Å². The second kappa shape index (κ2) is 5.48. The number of thioether (sulfide) groups is 1. The molecule has 0 aliphatic rings. The number of para-hydroxylation sites is 1. The fourth-order valence-corrected chi connectivity index (χ4v) is 2.71. The summed E-state index contributed by atoms with van der Waals surface area (Å²) in [7, 11) is 0. The Balaban J connectivity index is 2.38. The highest BCUT2D eigenvalue weighted by Gasteiger charge is 2.16. The summed E-state index contributed by atoms with van der Waals surface area (Å²) in [6.07, 6.45) is 1.13. The van der Waals surface area contributed by atoms with Crippen molar-refractivity contribution < 1.29 is 0 Å². The zero-order chi connectivity index (χ0) is 13.1. The maximum Gasteiger partial charge on any atom is 0.141 e. The van der Waals surface area contributed by atoms with Crippen molar-refractivity contribution in [1.29, 1.82) is 0 Å². The molecule has 1 aromatic carbocycles. The summed E-state index contributed by atoms with van der Waals surface area (Å²) in [5.41, 5.74) is 8.23. The second-order valence-corrected chi connectivity index (χ2v) is 5.83. The van der Waals surface area contributed by atoms with Crippen molar-refractivity contribution in [2.75, 3.05) is 5.73 Å². The predicted molar refractivity (Wildman–Crippen MR) is 78.3 cm³/mol. The smallest absolute Gasteiger partial charge is 0.141 e. The first kappa shape index (κ1) is 13.0. The first-order chi connectivity index (χ1) is 8.63. The summed E-state index contributed by atoms with van der Waals surface area (Å²) in [5.74, 6) is 0.740. The molecule has 0 amide bonds. The molecule has 0 aliphatic carbocycles. The zero-order valence-electron chi connectivity index (χ0n) is 11.1. The minimum Gasteiger partial charge on any atom is -0.383 e. The van der Waals surface area contributed by atoms with Gasteiger partial charge in [-0.25, -0.2) is 4.68 Å². The molecule has 4 heteroatoms. The summed E-state index contributed by atoms with van der Waals surface area (Å²) in [5, 5.41) is 5.09. The maximum atomic E-state index is 6.22. The van der Waals surface area contributed by atoms with Gasteiger partial charge in [-0.05, 0) is 25.5 Å². The Morgan fingerprint density at radius 1 is 1.33 bits per heavy atom. The zero-order valence-corrected chi connectivity index (χ0v) is 11.9. The number of hydrogen-bond acceptors (Lipinski definition) is 3. The standard InChI is InChI=1S/C14H19N3S/c1-4-10(2)18-13-11(3)16-17(14(13)15)12-8-6-5-7-9-12/h5-10H,4,15H2,1-3H3. The van der Waals surface area contributed by atoms with Crippen molar-refractivity contribution in [3.8, 4) is 5.69 Å². The van der Waals surface area contributed by atoms with Crippen molar-refractivity contribution in [3.05, 3.63) is 36.0 Å². The van der Waals surface area contributed by atoms with Crippen LogP contribution >= 0.6 is 11.8 Å². The molecule has 3 nitrogen and oxygen atoms in total. The first-order valence-electron chi connectivity index (χ1n) is 6.20. The number of benzene rings is 1. The van der Waals surface area contributed by atoms with Crippen molar-refractivity contribution >= 4 is 17.6 Å². The fraction of sp³-hybridized carbons (Fsp3) is 0.357. The van der Waals surface area contributed by atoms with Crippen LogP contribution < -0.4 is 5.73 Å². The van der Waals surface area contributed by atoms with Gasteiger partial charge in [-0.1, -0.05) is 32.0 Å². The normalized spacial score (nSPS) is 12.6. The van der Waals surface area contributed by atoms with Crippen LogP contribution in [0.1, 0.15) is 26.0 Å². The van der Waals surface area contributed by atoms with E-state index in [-0.39, 0.29) is 0 Å². The molecule has 96 valence electrons. The van der Waals surface area contributed by atoms with E-state index >= 15 is 0 Å². The molecule has 0 fully saturated rings. The molecular formula is C14H19N3S. The Kier molecular flexibility index (Phi) is 3.97. The number of hydrogen-bond donors (Lipinski definition) is 1. The van der Waals surface area contributed by atoms with Gasteiger partial charge in [0.1, 0.15) is 5.82 Å². The SMILES string of the molecule is CCC(C)Sc1c(C)nn(-c2ccccc2)c1N. The molecule has 2 rings (SSSR count). The molecule has 1 unspecified atom stereocenters. The molecule has 0 bridgehead atoms. The molecule has 0 spiro atoms. The average molecular weight is 261 g/mol. The summed E-state index contributed by atoms with van der Waals surface area (Å²) in [6, 6.07) is 10.0. The molecule has 0 saturated carbocycles. The highest BCUT2D eigenvalue weighted by atomic mass is 32.2. The van der Waals surface area contributed by atoms with E-state index in [9.17, 15) is 0 Å². The maximum absolute atomic E-state index is 6.22. The Morgan fingerprint density at radius 2 is 2.00 bits per heavy atom. The lowest BCUT2D eigenvalue weighted by Gasteiger charge is -2.08. The van der Waals surface area contributed by atoms with E-state index in [1.807, 2.05) is 41.9 Å². The number of nitrogen functional groups attached to an aromatic ring is 1. The van der Waals surface area contributed by atoms with Crippen molar-refractivity contribution in [2.45, 2.75) is 37.3 Å². The summed E-state index contributed by atoms with van der Waals surface area (Å²) < 4.78 is 1.82. The lowest BCUT2D eigenvalue weighted by molar-refractivity contribution is 0.872. The number of nitrogens with two attached hydrogens (primary N) is 1. The third-order valence-electron chi connectivity index (χ3n) is 2.93. The van der Waals surface area contributed by atoms with Crippen LogP contribution in [0.4, 0.5) is 5.82 Å². The van der Waals surface area contributed by atoms with Gasteiger partial charge in [0.2, 0.25) is 0 Å². The van der Waals surface area contributed by atoms with Gasteiger partial charge < -0.3 is 5.73 Å². The van der Waals surface area contributed by atoms with E-state index in [1.54, 1.807) is 11.8 Å². The van der Waals surface area contributed by atoms with Crippen molar-refractivity contribution in [3.63, 3.8) is 0 Å². The number of nitrogens with zero attached hydrogens (tertiary/aromatic N) is 2. The van der Waals surface area contributed by atoms with Crippen LogP contribution in [0.25, 0.3) is 5.69 Å². The highest BCUT2D eigenvalue weighted by Crippen LogP contribution is 2.34. The number of anilines is 1. The minimum absolute atomic E-state index is 0.555. The molecule has 2 aromatic rings. The largest absolute Gasteiger partial charge is 0.383 e. The van der Waals surface area contributed by atoms with Gasteiger partial charge in [0, 0.05) is 5.25 Å². The molecule has 2 N–H and O–H groups in total. The lowest BCUT2D eigenvalue weighted by Crippen LogP contribution is -2.02. The van der Waals surface area contributed by atoms with E-state index < -0.39 is 0 Å². The van der Waals surface area contributed by atoms with Gasteiger partial charge in [0.05, 0.1) is 16.3 Å². The summed E-state index contributed by atoms with van der Waals surface area (Å²) in [4.78, 5) is 1.10. The van der Waals surface area contributed by atoms with Gasteiger partial charge >= 0.3 is 0 Å². The van der Waals surface area contributed by atoms with Crippen LogP contribution in [0.3, 0.4) is 0 Å². The monoisotopic (exact) mass is 261 g/mol. The third-order valence-corrected chi connectivity index (χ3v) is 4.41. The van der Waals surface area contributed by atoms with Crippen molar-refractivity contribution in [2.24, 2.45) is 0 Å². The predicted octanol–water partition coefficient (Wildman–Crippen LogP) is 3.65. The number of rotatable bonds is 4. The van der Waals surface area contributed by atoms with Crippen molar-refractivity contribution in [1.82, 2.24) is 9.78 Å². The van der Waals surface area contributed by atoms with Crippen LogP contribution in [0, 0.1) is 6.92 Å². The Hall–Kier alpha value is -1.42. The molecule has 1 aromatic heterocycles. The lowest BCUT2D eigenvalue weighted by atomic mass is 10.3. The van der Waals surface area contributed by atoms with Gasteiger partial charge in [-0.15, -0.1) is 11.8 Å². The highest BCUT2D eigenvalue weighted by molar-refractivity contribution is 8.00. The molecule has 0 saturated heterocycles. The first-order valence-corrected chi connectivity index (χ1v) is 7.08. The van der Waals surface area contributed by atoms with E-state index in [1.165, 1.54) is 0 Å². The Labute approximate surface area is 112 Å². The van der Waals surface area contributed by atoms with Gasteiger partial charge in [0.15, 0.2) is 0 Å². The average Bonchev–Trinajstić information content (AvgIpc) is 2.67. The summed E-state index contributed by atoms with van der Waals surface area (Å²) >= 11 is 1.80. The third kappa shape index (κ3) is 2.53. The van der Waals surface area contributed by atoms with Gasteiger partial charge in [0.25, 0.3) is 0 Å². The van der Waals surface area contributed by atoms with E-state index in [2.05, 4.69) is 18.9 Å². The van der Waals surface area contributed by atoms with Gasteiger partial charge in [-0.2, -0.15) is 5.10 Å². The van der Waals surface area contributed by atoms with Crippen LogP contribution in [0.5, 0.6) is 0 Å². The minimum atomic E-state index is 0.555. The van der Waals surface area contributed by atoms with E-state index in [4.69, 9.17) is 5.73 Å². The topological polar surface area (TPSA) is 43.8 Å². The molecule has 1 atom stereocenters. The van der Waals surface area contributed by atoms with Crippen LogP contribution in [-0.2, 0) is 0 Å². The van der Waals surface area contributed by atoms with Crippen LogP contribution in [-0.4, -0.2) is 15.0 Å². The number of aromatic nitrogens is 2. The fourth-order valence-electron chi connectivity index (χ4n) is 1.73. The molecular weight excluding hydrogens is 242 g/mol. The summed E-state index contributed by atoms with van der Waals surface area (Å²) in [6.45, 7) is 6.41. The molecule has 18 heavy (non-hydrogen) atoms. The number of aryl methyl sites for hydroxylation is 1. The molecule has 0 aliphatic heterocycles. The van der Waals surface area contributed by atoms with E-state index in [0.29, 0.717) is 5.25 Å². The Morgan fingerprint density at radius 3 is 2.61 bits per heavy atom. The quantitative estimate of drug-likeness (QED) is 0.854. The Bertz CT molecular complexity index is 519.